The first-order chi connectivity index (χ1) is 13.3. The van der Waals surface area contributed by atoms with Crippen molar-refractivity contribution >= 4 is 39.2 Å². The second-order valence-electron chi connectivity index (χ2n) is 5.89. The standard InChI is InChI=1S/C19H15BrN2O6/c1-2-28-19(25)15-16(11-4-3-5-14(10-11)22(26)27)21(18(24)17(15)23)13-8-6-12(20)7-9-13/h3-10,16,23H,2H2,1H3/t16-/m1/s1. The quantitative estimate of drug-likeness (QED) is 0.424. The summed E-state index contributed by atoms with van der Waals surface area (Å²) in [5.41, 5.74) is 0.263. The monoisotopic (exact) mass is 446 g/mol. The lowest BCUT2D eigenvalue weighted by Gasteiger charge is -2.26. The van der Waals surface area contributed by atoms with Crippen LogP contribution in [0.1, 0.15) is 18.5 Å². The van der Waals surface area contributed by atoms with Gasteiger partial charge in [-0.3, -0.25) is 19.8 Å². The first-order valence-corrected chi connectivity index (χ1v) is 9.08. The number of anilines is 1. The van der Waals surface area contributed by atoms with Crippen LogP contribution in [0.25, 0.3) is 0 Å². The molecule has 9 heteroatoms. The van der Waals surface area contributed by atoms with Crippen LogP contribution in [0.2, 0.25) is 0 Å². The van der Waals surface area contributed by atoms with Crippen LogP contribution in [-0.2, 0) is 14.3 Å². The zero-order chi connectivity index (χ0) is 20.4. The predicted octanol–water partition coefficient (Wildman–Crippen LogP) is 3.82. The van der Waals surface area contributed by atoms with Crippen LogP contribution >= 0.6 is 15.9 Å². The number of nitro benzene ring substituents is 1. The molecule has 1 heterocycles. The third-order valence-corrected chi connectivity index (χ3v) is 4.73. The lowest BCUT2D eigenvalue weighted by molar-refractivity contribution is -0.384. The highest BCUT2D eigenvalue weighted by Crippen LogP contribution is 2.41. The number of esters is 1. The van der Waals surface area contributed by atoms with Crippen LogP contribution in [0.3, 0.4) is 0 Å². The summed E-state index contributed by atoms with van der Waals surface area (Å²) < 4.78 is 5.78. The molecular weight excluding hydrogens is 432 g/mol. The van der Waals surface area contributed by atoms with E-state index in [1.807, 2.05) is 0 Å². The van der Waals surface area contributed by atoms with E-state index >= 15 is 0 Å². The number of ether oxygens (including phenoxy) is 1. The molecular formula is C19H15BrN2O6. The summed E-state index contributed by atoms with van der Waals surface area (Å²) in [7, 11) is 0. The summed E-state index contributed by atoms with van der Waals surface area (Å²) >= 11 is 3.31. The van der Waals surface area contributed by atoms with Crippen molar-refractivity contribution in [2.45, 2.75) is 13.0 Å². The third-order valence-electron chi connectivity index (χ3n) is 4.21. The average molecular weight is 447 g/mol. The molecule has 1 amide bonds. The normalized spacial score (nSPS) is 16.4. The van der Waals surface area contributed by atoms with Gasteiger partial charge < -0.3 is 9.84 Å². The fourth-order valence-corrected chi connectivity index (χ4v) is 3.28. The molecule has 0 unspecified atom stereocenters. The Kier molecular flexibility index (Phi) is 5.46. The van der Waals surface area contributed by atoms with E-state index in [4.69, 9.17) is 4.74 Å². The molecule has 1 aliphatic rings. The van der Waals surface area contributed by atoms with Gasteiger partial charge in [0.15, 0.2) is 5.76 Å². The Morgan fingerprint density at radius 2 is 1.96 bits per heavy atom. The minimum Gasteiger partial charge on any atom is -0.503 e. The molecule has 1 aliphatic heterocycles. The molecule has 28 heavy (non-hydrogen) atoms. The minimum absolute atomic E-state index is 0.0454. The van der Waals surface area contributed by atoms with Crippen molar-refractivity contribution < 1.29 is 24.4 Å². The van der Waals surface area contributed by atoms with Gasteiger partial charge in [-0.1, -0.05) is 28.1 Å². The molecule has 0 bridgehead atoms. The molecule has 0 aliphatic carbocycles. The maximum atomic E-state index is 12.8. The number of benzene rings is 2. The van der Waals surface area contributed by atoms with Gasteiger partial charge in [0.2, 0.25) is 0 Å². The summed E-state index contributed by atoms with van der Waals surface area (Å²) in [5, 5.41) is 21.6. The van der Waals surface area contributed by atoms with E-state index in [9.17, 15) is 24.8 Å². The molecule has 8 nitrogen and oxygen atoms in total. The van der Waals surface area contributed by atoms with E-state index in [0.29, 0.717) is 11.3 Å². The Morgan fingerprint density at radius 3 is 2.57 bits per heavy atom. The largest absolute Gasteiger partial charge is 0.503 e. The van der Waals surface area contributed by atoms with Crippen LogP contribution in [-0.4, -0.2) is 28.5 Å². The fraction of sp³-hybridized carbons (Fsp3) is 0.158. The van der Waals surface area contributed by atoms with Crippen molar-refractivity contribution in [1.82, 2.24) is 0 Å². The van der Waals surface area contributed by atoms with Gasteiger partial charge in [-0.15, -0.1) is 0 Å². The zero-order valence-electron chi connectivity index (χ0n) is 14.7. The Labute approximate surface area is 168 Å². The molecule has 0 radical (unpaired) electrons. The van der Waals surface area contributed by atoms with E-state index in [0.717, 1.165) is 4.47 Å². The molecule has 0 saturated carbocycles. The molecule has 2 aromatic rings. The summed E-state index contributed by atoms with van der Waals surface area (Å²) in [6, 6.07) is 11.2. The zero-order valence-corrected chi connectivity index (χ0v) is 16.3. The van der Waals surface area contributed by atoms with Crippen molar-refractivity contribution in [3.05, 3.63) is 80.0 Å². The van der Waals surface area contributed by atoms with Crippen molar-refractivity contribution in [3.63, 3.8) is 0 Å². The van der Waals surface area contributed by atoms with Gasteiger partial charge >= 0.3 is 5.97 Å². The van der Waals surface area contributed by atoms with Crippen molar-refractivity contribution in [1.29, 1.82) is 0 Å². The number of carbonyl (C=O) groups excluding carboxylic acids is 2. The predicted molar refractivity (Wildman–Crippen MR) is 104 cm³/mol. The maximum Gasteiger partial charge on any atom is 0.340 e. The molecule has 2 aromatic carbocycles. The average Bonchev–Trinajstić information content (AvgIpc) is 2.94. The molecule has 144 valence electrons. The number of aliphatic hydroxyl groups is 1. The summed E-state index contributed by atoms with van der Waals surface area (Å²) in [6.45, 7) is 1.64. The lowest BCUT2D eigenvalue weighted by Crippen LogP contribution is -2.31. The molecule has 1 N–H and O–H groups in total. The molecule has 0 fully saturated rings. The van der Waals surface area contributed by atoms with Gasteiger partial charge in [-0.05, 0) is 36.8 Å². The van der Waals surface area contributed by atoms with Crippen molar-refractivity contribution in [3.8, 4) is 0 Å². The number of halogens is 1. The second kappa shape index (κ2) is 7.81. The Morgan fingerprint density at radius 1 is 1.29 bits per heavy atom. The van der Waals surface area contributed by atoms with Crippen LogP contribution in [0, 0.1) is 10.1 Å². The lowest BCUT2D eigenvalue weighted by atomic mass is 9.98. The molecule has 1 atom stereocenters. The van der Waals surface area contributed by atoms with Crippen LogP contribution in [0.15, 0.2) is 64.3 Å². The van der Waals surface area contributed by atoms with Gasteiger partial charge in [0.1, 0.15) is 5.57 Å². The number of non-ortho nitro benzene ring substituents is 1. The van der Waals surface area contributed by atoms with Crippen molar-refractivity contribution in [2.75, 3.05) is 11.5 Å². The van der Waals surface area contributed by atoms with Gasteiger partial charge in [0, 0.05) is 22.3 Å². The Hall–Kier alpha value is -3.20. The van der Waals surface area contributed by atoms with E-state index in [1.165, 1.54) is 23.1 Å². The molecule has 0 spiro atoms. The molecule has 0 aromatic heterocycles. The highest BCUT2D eigenvalue weighted by molar-refractivity contribution is 9.10. The minimum atomic E-state index is -1.06. The van der Waals surface area contributed by atoms with Gasteiger partial charge in [-0.25, -0.2) is 4.79 Å². The number of carbonyl (C=O) groups is 2. The highest BCUT2D eigenvalue weighted by atomic mass is 79.9. The van der Waals surface area contributed by atoms with Crippen LogP contribution < -0.4 is 4.90 Å². The molecule has 0 saturated heterocycles. The van der Waals surface area contributed by atoms with E-state index < -0.39 is 28.6 Å². The van der Waals surface area contributed by atoms with Gasteiger partial charge in [0.25, 0.3) is 11.6 Å². The fourth-order valence-electron chi connectivity index (χ4n) is 3.01. The third kappa shape index (κ3) is 3.48. The first-order valence-electron chi connectivity index (χ1n) is 8.28. The number of rotatable bonds is 5. The van der Waals surface area contributed by atoms with Gasteiger partial charge in [-0.2, -0.15) is 0 Å². The number of nitrogens with zero attached hydrogens (tertiary/aromatic N) is 2. The number of hydrogen-bond acceptors (Lipinski definition) is 6. The maximum absolute atomic E-state index is 12.8. The van der Waals surface area contributed by atoms with E-state index in [-0.39, 0.29) is 17.9 Å². The molecule has 3 rings (SSSR count). The highest BCUT2D eigenvalue weighted by Gasteiger charge is 2.45. The van der Waals surface area contributed by atoms with E-state index in [1.54, 1.807) is 37.3 Å². The SMILES string of the molecule is CCOC(=O)C1=C(O)C(=O)N(c2ccc(Br)cc2)[C@@H]1c1cccc([N+](=O)[O-])c1. The summed E-state index contributed by atoms with van der Waals surface area (Å²) in [5.74, 6) is -2.38. The van der Waals surface area contributed by atoms with Crippen LogP contribution in [0.5, 0.6) is 0 Å². The topological polar surface area (TPSA) is 110 Å². The number of amides is 1. The van der Waals surface area contributed by atoms with E-state index in [2.05, 4.69) is 15.9 Å². The van der Waals surface area contributed by atoms with Crippen LogP contribution in [0.4, 0.5) is 11.4 Å². The number of nitro groups is 1. The number of aliphatic hydroxyl groups excluding tert-OH is 1. The Bertz CT molecular complexity index is 986. The second-order valence-corrected chi connectivity index (χ2v) is 6.80. The Balaban J connectivity index is 2.18. The van der Waals surface area contributed by atoms with Gasteiger partial charge in [0.05, 0.1) is 17.6 Å². The summed E-state index contributed by atoms with van der Waals surface area (Å²) in [4.78, 5) is 37.1. The van der Waals surface area contributed by atoms with Crippen molar-refractivity contribution in [2.24, 2.45) is 0 Å². The smallest absolute Gasteiger partial charge is 0.340 e. The number of hydrogen-bond donors (Lipinski definition) is 1. The first kappa shape index (κ1) is 19.6. The summed E-state index contributed by atoms with van der Waals surface area (Å²) in [6.07, 6.45) is 0.